The van der Waals surface area contributed by atoms with Gasteiger partial charge in [0.05, 0.1) is 0 Å². The van der Waals surface area contributed by atoms with Crippen LogP contribution in [-0.2, 0) is 22.4 Å². The molecule has 1 atom stereocenters. The summed E-state index contributed by atoms with van der Waals surface area (Å²) in [5.74, 6) is -0.193. The molecule has 1 aliphatic rings. The smallest absolute Gasteiger partial charge is 0.302 e. The van der Waals surface area contributed by atoms with Gasteiger partial charge in [0.15, 0.2) is 0 Å². The molecule has 3 heteroatoms. The normalized spacial score (nSPS) is 19.1. The first-order valence-electron chi connectivity index (χ1n) is 4.59. The molecule has 14 heavy (non-hydrogen) atoms. The second-order valence-corrected chi connectivity index (χ2v) is 4.47. The van der Waals surface area contributed by atoms with Crippen molar-refractivity contribution < 1.29 is 9.53 Å². The predicted molar refractivity (Wildman–Crippen MR) is 57.1 cm³/mol. The van der Waals surface area contributed by atoms with Crippen LogP contribution in [-0.4, -0.2) is 12.1 Å². The van der Waals surface area contributed by atoms with E-state index in [1.54, 1.807) is 0 Å². The quantitative estimate of drug-likeness (QED) is 0.720. The molecule has 0 aromatic heterocycles. The maximum Gasteiger partial charge on any atom is 0.302 e. The minimum Gasteiger partial charge on any atom is -0.462 e. The summed E-state index contributed by atoms with van der Waals surface area (Å²) in [4.78, 5) is 10.8. The molecule has 0 saturated carbocycles. The van der Waals surface area contributed by atoms with Crippen molar-refractivity contribution in [2.45, 2.75) is 25.9 Å². The predicted octanol–water partition coefficient (Wildman–Crippen LogP) is 2.48. The van der Waals surface area contributed by atoms with Gasteiger partial charge in [0.25, 0.3) is 0 Å². The number of fused-ring (bicyclic) bond motifs is 1. The summed E-state index contributed by atoms with van der Waals surface area (Å²) < 4.78 is 6.26. The number of carbonyl (C=O) groups is 1. The van der Waals surface area contributed by atoms with Gasteiger partial charge < -0.3 is 4.74 Å². The molecule has 0 amide bonds. The van der Waals surface area contributed by atoms with Crippen LogP contribution in [0.5, 0.6) is 0 Å². The molecule has 0 saturated heterocycles. The Hall–Kier alpha value is -0.830. The van der Waals surface area contributed by atoms with E-state index in [9.17, 15) is 4.79 Å². The highest BCUT2D eigenvalue weighted by atomic mass is 79.9. The second kappa shape index (κ2) is 3.73. The first-order valence-corrected chi connectivity index (χ1v) is 5.39. The van der Waals surface area contributed by atoms with Crippen molar-refractivity contribution in [3.8, 4) is 0 Å². The third-order valence-electron chi connectivity index (χ3n) is 2.40. The molecule has 0 bridgehead atoms. The Bertz CT molecular complexity index is 374. The van der Waals surface area contributed by atoms with Gasteiger partial charge in [-0.1, -0.05) is 22.0 Å². The number of benzene rings is 1. The number of esters is 1. The number of rotatable bonds is 1. The van der Waals surface area contributed by atoms with E-state index in [0.29, 0.717) is 0 Å². The highest BCUT2D eigenvalue weighted by Crippen LogP contribution is 2.27. The zero-order valence-corrected chi connectivity index (χ0v) is 9.50. The molecule has 1 aromatic rings. The lowest BCUT2D eigenvalue weighted by molar-refractivity contribution is -0.145. The van der Waals surface area contributed by atoms with Crippen LogP contribution in [0, 0.1) is 0 Å². The van der Waals surface area contributed by atoms with Gasteiger partial charge in [-0.15, -0.1) is 0 Å². The molecule has 0 N–H and O–H groups in total. The molecular formula is C11H11BrO2. The lowest BCUT2D eigenvalue weighted by Crippen LogP contribution is -2.15. The van der Waals surface area contributed by atoms with Crippen molar-refractivity contribution in [3.63, 3.8) is 0 Å². The summed E-state index contributed by atoms with van der Waals surface area (Å²) in [7, 11) is 0. The van der Waals surface area contributed by atoms with Gasteiger partial charge in [-0.05, 0) is 23.3 Å². The molecule has 1 aromatic carbocycles. The highest BCUT2D eigenvalue weighted by molar-refractivity contribution is 9.10. The van der Waals surface area contributed by atoms with Crippen molar-refractivity contribution in [1.82, 2.24) is 0 Å². The summed E-state index contributed by atoms with van der Waals surface area (Å²) in [6.45, 7) is 1.46. The molecule has 0 heterocycles. The minimum atomic E-state index is -0.193. The average molecular weight is 255 g/mol. The third kappa shape index (κ3) is 1.98. The molecule has 74 valence electrons. The lowest BCUT2D eigenvalue weighted by atomic mass is 10.1. The fourth-order valence-corrected chi connectivity index (χ4v) is 2.27. The molecule has 2 rings (SSSR count). The monoisotopic (exact) mass is 254 g/mol. The molecule has 1 unspecified atom stereocenters. The number of ether oxygens (including phenoxy) is 1. The van der Waals surface area contributed by atoms with Gasteiger partial charge in [0.2, 0.25) is 0 Å². The molecule has 0 aliphatic heterocycles. The maximum atomic E-state index is 10.8. The lowest BCUT2D eigenvalue weighted by Gasteiger charge is -2.08. The van der Waals surface area contributed by atoms with Gasteiger partial charge in [0.1, 0.15) is 6.10 Å². The van der Waals surface area contributed by atoms with Crippen molar-refractivity contribution in [1.29, 1.82) is 0 Å². The van der Waals surface area contributed by atoms with E-state index >= 15 is 0 Å². The molecule has 0 radical (unpaired) electrons. The van der Waals surface area contributed by atoms with Gasteiger partial charge in [-0.25, -0.2) is 0 Å². The summed E-state index contributed by atoms with van der Waals surface area (Å²) in [6.07, 6.45) is 1.73. The van der Waals surface area contributed by atoms with Crippen LogP contribution in [0.25, 0.3) is 0 Å². The maximum absolute atomic E-state index is 10.8. The highest BCUT2D eigenvalue weighted by Gasteiger charge is 2.23. The zero-order chi connectivity index (χ0) is 10.1. The van der Waals surface area contributed by atoms with Crippen molar-refractivity contribution in [2.75, 3.05) is 0 Å². The Morgan fingerprint density at radius 2 is 2.14 bits per heavy atom. The third-order valence-corrected chi connectivity index (χ3v) is 2.89. The van der Waals surface area contributed by atoms with Crippen molar-refractivity contribution in [2.24, 2.45) is 0 Å². The van der Waals surface area contributed by atoms with E-state index in [1.165, 1.54) is 18.1 Å². The zero-order valence-electron chi connectivity index (χ0n) is 7.92. The summed E-state index contributed by atoms with van der Waals surface area (Å²) >= 11 is 3.43. The molecular weight excluding hydrogens is 244 g/mol. The largest absolute Gasteiger partial charge is 0.462 e. The van der Waals surface area contributed by atoms with Gasteiger partial charge in [0, 0.05) is 24.2 Å². The van der Waals surface area contributed by atoms with Crippen LogP contribution < -0.4 is 0 Å². The number of halogens is 1. The van der Waals surface area contributed by atoms with E-state index in [-0.39, 0.29) is 12.1 Å². The van der Waals surface area contributed by atoms with Crippen molar-refractivity contribution >= 4 is 21.9 Å². The molecule has 2 nitrogen and oxygen atoms in total. The fraction of sp³-hybridized carbons (Fsp3) is 0.364. The topological polar surface area (TPSA) is 26.3 Å². The SMILES string of the molecule is CC(=O)OC1Cc2ccc(Br)cc2C1. The van der Waals surface area contributed by atoms with Crippen LogP contribution >= 0.6 is 15.9 Å². The van der Waals surface area contributed by atoms with Crippen LogP contribution in [0.1, 0.15) is 18.1 Å². The summed E-state index contributed by atoms with van der Waals surface area (Å²) in [5, 5.41) is 0. The van der Waals surface area contributed by atoms with Crippen LogP contribution in [0.3, 0.4) is 0 Å². The number of hydrogen-bond acceptors (Lipinski definition) is 2. The van der Waals surface area contributed by atoms with Crippen LogP contribution in [0.15, 0.2) is 22.7 Å². The molecule has 0 spiro atoms. The average Bonchev–Trinajstić information content (AvgIpc) is 2.44. The first-order chi connectivity index (χ1) is 6.65. The van der Waals surface area contributed by atoms with Gasteiger partial charge >= 0.3 is 5.97 Å². The minimum absolute atomic E-state index is 0.0387. The first kappa shape index (κ1) is 9.71. The van der Waals surface area contributed by atoms with E-state index < -0.39 is 0 Å². The fourth-order valence-electron chi connectivity index (χ4n) is 1.86. The van der Waals surface area contributed by atoms with Gasteiger partial charge in [-0.2, -0.15) is 0 Å². The standard InChI is InChI=1S/C11H11BrO2/c1-7(13)14-11-5-8-2-3-10(12)4-9(8)6-11/h2-4,11H,5-6H2,1H3. The summed E-state index contributed by atoms with van der Waals surface area (Å²) in [5.41, 5.74) is 2.57. The van der Waals surface area contributed by atoms with E-state index in [0.717, 1.165) is 17.3 Å². The Morgan fingerprint density at radius 3 is 2.86 bits per heavy atom. The molecule has 1 aliphatic carbocycles. The Kier molecular flexibility index (Phi) is 2.59. The Labute approximate surface area is 91.4 Å². The van der Waals surface area contributed by atoms with E-state index in [1.807, 2.05) is 6.07 Å². The Balaban J connectivity index is 2.14. The van der Waals surface area contributed by atoms with Crippen molar-refractivity contribution in [3.05, 3.63) is 33.8 Å². The van der Waals surface area contributed by atoms with Crippen LogP contribution in [0.4, 0.5) is 0 Å². The Morgan fingerprint density at radius 1 is 1.43 bits per heavy atom. The van der Waals surface area contributed by atoms with Gasteiger partial charge in [-0.3, -0.25) is 4.79 Å². The molecule has 0 fully saturated rings. The number of carbonyl (C=O) groups excluding carboxylic acids is 1. The van der Waals surface area contributed by atoms with E-state index in [4.69, 9.17) is 4.74 Å². The van der Waals surface area contributed by atoms with Crippen LogP contribution in [0.2, 0.25) is 0 Å². The van der Waals surface area contributed by atoms with E-state index in [2.05, 4.69) is 28.1 Å². The summed E-state index contributed by atoms with van der Waals surface area (Å²) in [6, 6.07) is 6.21. The number of hydrogen-bond donors (Lipinski definition) is 0. The second-order valence-electron chi connectivity index (χ2n) is 3.55.